The maximum atomic E-state index is 11.7. The van der Waals surface area contributed by atoms with Crippen molar-refractivity contribution >= 4 is 5.91 Å². The van der Waals surface area contributed by atoms with Gasteiger partial charge in [0.1, 0.15) is 5.75 Å². The Hall–Kier alpha value is -1.55. The molecule has 2 rings (SSSR count). The Morgan fingerprint density at radius 1 is 1.39 bits per heavy atom. The smallest absolute Gasteiger partial charge is 0.234 e. The molecule has 1 amide bonds. The average molecular weight is 248 g/mol. The Balaban J connectivity index is 2.06. The molecule has 0 heterocycles. The first-order chi connectivity index (χ1) is 8.74. The van der Waals surface area contributed by atoms with E-state index in [4.69, 9.17) is 4.74 Å². The molecule has 4 nitrogen and oxygen atoms in total. The molecule has 0 radical (unpaired) electrons. The van der Waals surface area contributed by atoms with E-state index < -0.39 is 0 Å². The molecule has 1 atom stereocenters. The Morgan fingerprint density at radius 3 is 2.56 bits per heavy atom. The van der Waals surface area contributed by atoms with Crippen molar-refractivity contribution in [3.63, 3.8) is 0 Å². The minimum atomic E-state index is 0.0465. The molecule has 1 aliphatic carbocycles. The Labute approximate surface area is 108 Å². The van der Waals surface area contributed by atoms with E-state index in [1.165, 1.54) is 12.8 Å². The first kappa shape index (κ1) is 12.9. The molecule has 1 aromatic rings. The number of methoxy groups -OCH3 is 1. The van der Waals surface area contributed by atoms with Crippen LogP contribution in [0.3, 0.4) is 0 Å². The van der Waals surface area contributed by atoms with Gasteiger partial charge in [0.2, 0.25) is 5.91 Å². The van der Waals surface area contributed by atoms with Crippen molar-refractivity contribution in [3.8, 4) is 5.75 Å². The molecule has 4 heteroatoms. The van der Waals surface area contributed by atoms with Crippen molar-refractivity contribution < 1.29 is 9.53 Å². The van der Waals surface area contributed by atoms with Crippen LogP contribution in [0.15, 0.2) is 24.3 Å². The molecule has 1 fully saturated rings. The van der Waals surface area contributed by atoms with Crippen LogP contribution in [0.25, 0.3) is 0 Å². The maximum absolute atomic E-state index is 11.7. The van der Waals surface area contributed by atoms with Crippen molar-refractivity contribution in [2.24, 2.45) is 5.92 Å². The van der Waals surface area contributed by atoms with Crippen LogP contribution in [-0.2, 0) is 4.79 Å². The van der Waals surface area contributed by atoms with Crippen LogP contribution in [0, 0.1) is 5.92 Å². The molecule has 98 valence electrons. The molecule has 1 saturated carbocycles. The number of nitrogens with one attached hydrogen (secondary N) is 2. The third-order valence-electron chi connectivity index (χ3n) is 3.22. The van der Waals surface area contributed by atoms with Gasteiger partial charge in [-0.2, -0.15) is 0 Å². The van der Waals surface area contributed by atoms with Crippen molar-refractivity contribution in [3.05, 3.63) is 29.8 Å². The van der Waals surface area contributed by atoms with Gasteiger partial charge in [-0.25, -0.2) is 0 Å². The third-order valence-corrected chi connectivity index (χ3v) is 3.22. The number of carbonyl (C=O) groups excluding carboxylic acids is 1. The Kier molecular flexibility index (Phi) is 4.20. The fourth-order valence-corrected chi connectivity index (χ4v) is 2.10. The number of hydrogen-bond donors (Lipinski definition) is 2. The maximum Gasteiger partial charge on any atom is 0.234 e. The molecule has 1 aliphatic rings. The standard InChI is InChI=1S/C14H20N2O2/c1-15-9-13(17)16-14(10-3-4-10)11-5-7-12(18-2)8-6-11/h5-8,10,14-15H,3-4,9H2,1-2H3,(H,16,17). The van der Waals surface area contributed by atoms with Gasteiger partial charge in [0.15, 0.2) is 0 Å². The van der Waals surface area contributed by atoms with Crippen molar-refractivity contribution in [2.75, 3.05) is 20.7 Å². The second kappa shape index (κ2) is 5.87. The summed E-state index contributed by atoms with van der Waals surface area (Å²) in [4.78, 5) is 11.7. The molecule has 0 aromatic heterocycles. The molecule has 0 saturated heterocycles. The lowest BCUT2D eigenvalue weighted by atomic mass is 10.0. The van der Waals surface area contributed by atoms with Crippen LogP contribution in [0.5, 0.6) is 5.75 Å². The van der Waals surface area contributed by atoms with Crippen LogP contribution in [-0.4, -0.2) is 26.6 Å². The minimum Gasteiger partial charge on any atom is -0.497 e. The molecular weight excluding hydrogens is 228 g/mol. The predicted octanol–water partition coefficient (Wildman–Crippen LogP) is 1.48. The van der Waals surface area contributed by atoms with Gasteiger partial charge >= 0.3 is 0 Å². The van der Waals surface area contributed by atoms with Gasteiger partial charge in [-0.05, 0) is 43.5 Å². The van der Waals surface area contributed by atoms with Gasteiger partial charge < -0.3 is 15.4 Å². The van der Waals surface area contributed by atoms with E-state index >= 15 is 0 Å². The highest BCUT2D eigenvalue weighted by Crippen LogP contribution is 2.41. The lowest BCUT2D eigenvalue weighted by Crippen LogP contribution is -2.35. The van der Waals surface area contributed by atoms with E-state index in [0.29, 0.717) is 12.5 Å². The topological polar surface area (TPSA) is 50.4 Å². The van der Waals surface area contributed by atoms with Crippen molar-refractivity contribution in [2.45, 2.75) is 18.9 Å². The zero-order valence-corrected chi connectivity index (χ0v) is 10.9. The summed E-state index contributed by atoms with van der Waals surface area (Å²) < 4.78 is 5.15. The number of carbonyl (C=O) groups is 1. The normalized spacial score (nSPS) is 16.1. The summed E-state index contributed by atoms with van der Waals surface area (Å²) in [5, 5.41) is 5.96. The van der Waals surface area contributed by atoms with Crippen LogP contribution < -0.4 is 15.4 Å². The molecule has 1 unspecified atom stereocenters. The van der Waals surface area contributed by atoms with Gasteiger partial charge in [0.25, 0.3) is 0 Å². The summed E-state index contributed by atoms with van der Waals surface area (Å²) in [7, 11) is 3.43. The SMILES string of the molecule is CNCC(=O)NC(c1ccc(OC)cc1)C1CC1. The van der Waals surface area contributed by atoms with Gasteiger partial charge in [0.05, 0.1) is 19.7 Å². The van der Waals surface area contributed by atoms with E-state index in [1.54, 1.807) is 14.2 Å². The Bertz CT molecular complexity index is 399. The van der Waals surface area contributed by atoms with Crippen molar-refractivity contribution in [1.29, 1.82) is 0 Å². The second-order valence-corrected chi connectivity index (χ2v) is 4.69. The fraction of sp³-hybridized carbons (Fsp3) is 0.500. The van der Waals surface area contributed by atoms with Crippen LogP contribution in [0.2, 0.25) is 0 Å². The summed E-state index contributed by atoms with van der Waals surface area (Å²) in [5.41, 5.74) is 1.16. The minimum absolute atomic E-state index is 0.0465. The summed E-state index contributed by atoms with van der Waals surface area (Å²) in [5.74, 6) is 1.47. The largest absolute Gasteiger partial charge is 0.497 e. The molecule has 0 aliphatic heterocycles. The first-order valence-electron chi connectivity index (χ1n) is 6.32. The molecule has 0 spiro atoms. The van der Waals surface area contributed by atoms with Crippen LogP contribution in [0.4, 0.5) is 0 Å². The number of benzene rings is 1. The molecular formula is C14H20N2O2. The Morgan fingerprint density at radius 2 is 2.06 bits per heavy atom. The number of hydrogen-bond acceptors (Lipinski definition) is 3. The summed E-state index contributed by atoms with van der Waals surface area (Å²) in [6, 6.07) is 8.07. The van der Waals surface area contributed by atoms with Gasteiger partial charge in [-0.1, -0.05) is 12.1 Å². The monoisotopic (exact) mass is 248 g/mol. The molecule has 18 heavy (non-hydrogen) atoms. The summed E-state index contributed by atoms with van der Waals surface area (Å²) in [6.45, 7) is 0.360. The summed E-state index contributed by atoms with van der Waals surface area (Å²) >= 11 is 0. The number of likely N-dealkylation sites (N-methyl/N-ethyl adjacent to an activating group) is 1. The summed E-state index contributed by atoms with van der Waals surface area (Å²) in [6.07, 6.45) is 2.38. The second-order valence-electron chi connectivity index (χ2n) is 4.69. The van der Waals surface area contributed by atoms with E-state index in [9.17, 15) is 4.79 Å². The van der Waals surface area contributed by atoms with Crippen molar-refractivity contribution in [1.82, 2.24) is 10.6 Å². The zero-order valence-electron chi connectivity index (χ0n) is 10.9. The van der Waals surface area contributed by atoms with Crippen LogP contribution >= 0.6 is 0 Å². The quantitative estimate of drug-likeness (QED) is 0.802. The highest BCUT2D eigenvalue weighted by Gasteiger charge is 2.33. The zero-order chi connectivity index (χ0) is 13.0. The van der Waals surface area contributed by atoms with E-state index in [-0.39, 0.29) is 11.9 Å². The van der Waals surface area contributed by atoms with Crippen LogP contribution in [0.1, 0.15) is 24.4 Å². The van der Waals surface area contributed by atoms with E-state index in [0.717, 1.165) is 11.3 Å². The molecule has 1 aromatic carbocycles. The van der Waals surface area contributed by atoms with E-state index in [1.807, 2.05) is 24.3 Å². The molecule has 2 N–H and O–H groups in total. The first-order valence-corrected chi connectivity index (χ1v) is 6.32. The lowest BCUT2D eigenvalue weighted by Gasteiger charge is -2.19. The number of amides is 1. The predicted molar refractivity (Wildman–Crippen MR) is 70.5 cm³/mol. The number of rotatable bonds is 6. The highest BCUT2D eigenvalue weighted by atomic mass is 16.5. The number of ether oxygens (including phenoxy) is 1. The average Bonchev–Trinajstić information content (AvgIpc) is 3.21. The fourth-order valence-electron chi connectivity index (χ4n) is 2.10. The van der Waals surface area contributed by atoms with Gasteiger partial charge in [0, 0.05) is 0 Å². The lowest BCUT2D eigenvalue weighted by molar-refractivity contribution is -0.121. The van der Waals surface area contributed by atoms with Gasteiger partial charge in [-0.15, -0.1) is 0 Å². The highest BCUT2D eigenvalue weighted by molar-refractivity contribution is 5.78. The molecule has 0 bridgehead atoms. The van der Waals surface area contributed by atoms with E-state index in [2.05, 4.69) is 10.6 Å². The third kappa shape index (κ3) is 3.23. The van der Waals surface area contributed by atoms with Gasteiger partial charge in [-0.3, -0.25) is 4.79 Å².